The fraction of sp³-hybridized carbons (Fsp3) is 0.941. The van der Waals surface area contributed by atoms with Crippen molar-refractivity contribution in [3.8, 4) is 0 Å². The first kappa shape index (κ1) is 15.0. The second-order valence-electron chi connectivity index (χ2n) is 7.44. The van der Waals surface area contributed by atoms with Crippen molar-refractivity contribution in [2.75, 3.05) is 0 Å². The maximum Gasteiger partial charge on any atom is 0.126 e. The smallest absolute Gasteiger partial charge is 0.126 e. The lowest BCUT2D eigenvalue weighted by Gasteiger charge is -2.12. The second-order valence-corrected chi connectivity index (χ2v) is 7.44. The lowest BCUT2D eigenvalue weighted by molar-refractivity contribution is -0.112. The summed E-state index contributed by atoms with van der Waals surface area (Å²) in [6, 6.07) is 0. The van der Waals surface area contributed by atoms with Gasteiger partial charge in [-0.1, -0.05) is 32.6 Å². The molecule has 110 valence electrons. The van der Waals surface area contributed by atoms with Crippen LogP contribution in [-0.4, -0.2) is 17.5 Å². The molecule has 0 aromatic carbocycles. The quantitative estimate of drug-likeness (QED) is 0.448. The Kier molecular flexibility index (Phi) is 5.05. The summed E-state index contributed by atoms with van der Waals surface area (Å²) in [4.78, 5) is 10.8. The van der Waals surface area contributed by atoms with Crippen molar-refractivity contribution < 1.29 is 9.90 Å². The molecule has 0 radical (unpaired) electrons. The summed E-state index contributed by atoms with van der Waals surface area (Å²) in [7, 11) is 0. The van der Waals surface area contributed by atoms with E-state index in [0.29, 0.717) is 5.41 Å². The third-order valence-corrected chi connectivity index (χ3v) is 5.28. The van der Waals surface area contributed by atoms with Crippen molar-refractivity contribution in [3.63, 3.8) is 0 Å². The highest BCUT2D eigenvalue weighted by atomic mass is 16.3. The van der Waals surface area contributed by atoms with Gasteiger partial charge in [-0.3, -0.25) is 0 Å². The van der Waals surface area contributed by atoms with Crippen molar-refractivity contribution in [2.24, 2.45) is 10.8 Å². The summed E-state index contributed by atoms with van der Waals surface area (Å²) < 4.78 is 0. The number of carbonyl (C=O) groups is 1. The van der Waals surface area contributed by atoms with Crippen LogP contribution >= 0.6 is 0 Å². The van der Waals surface area contributed by atoms with E-state index in [0.717, 1.165) is 51.2 Å². The first-order valence-electron chi connectivity index (χ1n) is 8.22. The Hall–Kier alpha value is -0.370. The van der Waals surface area contributed by atoms with E-state index < -0.39 is 0 Å². The molecule has 1 atom stereocenters. The lowest BCUT2D eigenvalue weighted by Crippen LogP contribution is -2.07. The van der Waals surface area contributed by atoms with E-state index in [2.05, 4.69) is 6.92 Å². The normalized spacial score (nSPS) is 23.9. The van der Waals surface area contributed by atoms with Gasteiger partial charge in [0, 0.05) is 5.41 Å². The lowest BCUT2D eigenvalue weighted by atomic mass is 9.96. The molecule has 0 spiro atoms. The average Bonchev–Trinajstić information content (AvgIpc) is 3.30. The third kappa shape index (κ3) is 5.25. The number of hydrogen-bond donors (Lipinski definition) is 1. The highest BCUT2D eigenvalue weighted by Crippen LogP contribution is 2.49. The molecule has 2 aliphatic rings. The number of aliphatic hydroxyl groups excluding tert-OH is 1. The summed E-state index contributed by atoms with van der Waals surface area (Å²) in [5.41, 5.74) is 0.725. The zero-order valence-corrected chi connectivity index (χ0v) is 12.5. The van der Waals surface area contributed by atoms with Crippen LogP contribution in [0.3, 0.4) is 0 Å². The molecule has 0 aromatic heterocycles. The molecular weight excluding hydrogens is 236 g/mol. The Morgan fingerprint density at radius 2 is 1.58 bits per heavy atom. The minimum atomic E-state index is -0.113. The van der Waals surface area contributed by atoms with E-state index in [1.54, 1.807) is 0 Å². The predicted molar refractivity (Wildman–Crippen MR) is 78.0 cm³/mol. The maximum absolute atomic E-state index is 10.8. The standard InChI is InChI=1S/C17H30O2/c1-16(10-11-16)8-4-2-6-15(19)7-3-5-9-17(14-18)12-13-17/h14-15,19H,2-13H2,1H3. The van der Waals surface area contributed by atoms with Crippen LogP contribution < -0.4 is 0 Å². The van der Waals surface area contributed by atoms with Gasteiger partial charge < -0.3 is 9.90 Å². The number of hydrogen-bond acceptors (Lipinski definition) is 2. The average molecular weight is 266 g/mol. The molecule has 0 heterocycles. The minimum Gasteiger partial charge on any atom is -0.393 e. The maximum atomic E-state index is 10.8. The van der Waals surface area contributed by atoms with E-state index in [9.17, 15) is 9.90 Å². The summed E-state index contributed by atoms with van der Waals surface area (Å²) in [6.45, 7) is 2.38. The Balaban J connectivity index is 1.41. The summed E-state index contributed by atoms with van der Waals surface area (Å²) in [5, 5.41) is 9.93. The Morgan fingerprint density at radius 1 is 1.00 bits per heavy atom. The van der Waals surface area contributed by atoms with Crippen LogP contribution in [0.25, 0.3) is 0 Å². The van der Waals surface area contributed by atoms with Crippen molar-refractivity contribution in [1.82, 2.24) is 0 Å². The highest BCUT2D eigenvalue weighted by Gasteiger charge is 2.41. The van der Waals surface area contributed by atoms with Gasteiger partial charge in [0.2, 0.25) is 0 Å². The molecular formula is C17H30O2. The van der Waals surface area contributed by atoms with Crippen molar-refractivity contribution in [1.29, 1.82) is 0 Å². The van der Waals surface area contributed by atoms with Gasteiger partial charge in [-0.15, -0.1) is 0 Å². The molecule has 0 aromatic rings. The molecule has 2 saturated carbocycles. The van der Waals surface area contributed by atoms with Gasteiger partial charge in [-0.25, -0.2) is 0 Å². The van der Waals surface area contributed by atoms with Gasteiger partial charge in [-0.2, -0.15) is 0 Å². The number of aliphatic hydroxyl groups is 1. The van der Waals surface area contributed by atoms with E-state index in [1.165, 1.54) is 32.1 Å². The van der Waals surface area contributed by atoms with Gasteiger partial charge in [0.15, 0.2) is 0 Å². The van der Waals surface area contributed by atoms with Gasteiger partial charge in [0.1, 0.15) is 6.29 Å². The molecule has 0 amide bonds. The van der Waals surface area contributed by atoms with Crippen LogP contribution in [-0.2, 0) is 4.79 Å². The largest absolute Gasteiger partial charge is 0.393 e. The van der Waals surface area contributed by atoms with Crippen LogP contribution in [0.1, 0.15) is 84.0 Å². The molecule has 2 rings (SSSR count). The van der Waals surface area contributed by atoms with E-state index in [-0.39, 0.29) is 11.5 Å². The van der Waals surface area contributed by atoms with E-state index in [1.807, 2.05) is 0 Å². The topological polar surface area (TPSA) is 37.3 Å². The Morgan fingerprint density at radius 3 is 2.05 bits per heavy atom. The molecule has 0 saturated heterocycles. The van der Waals surface area contributed by atoms with Crippen molar-refractivity contribution >= 4 is 6.29 Å². The van der Waals surface area contributed by atoms with E-state index in [4.69, 9.17) is 0 Å². The SMILES string of the molecule is CC1(CCCCC(O)CCCCC2(C=O)CC2)CC1. The Labute approximate surface area is 118 Å². The summed E-state index contributed by atoms with van der Waals surface area (Å²) >= 11 is 0. The first-order chi connectivity index (χ1) is 9.08. The number of aldehydes is 1. The molecule has 19 heavy (non-hydrogen) atoms. The van der Waals surface area contributed by atoms with Gasteiger partial charge in [-0.05, 0) is 56.8 Å². The zero-order chi connectivity index (χ0) is 13.8. The van der Waals surface area contributed by atoms with Crippen LogP contribution in [0.15, 0.2) is 0 Å². The highest BCUT2D eigenvalue weighted by molar-refractivity contribution is 5.63. The molecule has 2 aliphatic carbocycles. The summed E-state index contributed by atoms with van der Waals surface area (Å²) in [5.74, 6) is 0. The molecule has 1 unspecified atom stereocenters. The van der Waals surface area contributed by atoms with Gasteiger partial charge in [0.25, 0.3) is 0 Å². The van der Waals surface area contributed by atoms with Crippen LogP contribution in [0.5, 0.6) is 0 Å². The molecule has 2 heteroatoms. The fourth-order valence-electron chi connectivity index (χ4n) is 2.98. The first-order valence-corrected chi connectivity index (χ1v) is 8.22. The van der Waals surface area contributed by atoms with Crippen molar-refractivity contribution in [3.05, 3.63) is 0 Å². The van der Waals surface area contributed by atoms with Crippen LogP contribution in [0.2, 0.25) is 0 Å². The van der Waals surface area contributed by atoms with Crippen LogP contribution in [0.4, 0.5) is 0 Å². The number of unbranched alkanes of at least 4 members (excludes halogenated alkanes) is 2. The number of carbonyl (C=O) groups excluding carboxylic acids is 1. The molecule has 0 aliphatic heterocycles. The molecule has 0 bridgehead atoms. The monoisotopic (exact) mass is 266 g/mol. The molecule has 2 nitrogen and oxygen atoms in total. The second kappa shape index (κ2) is 6.39. The third-order valence-electron chi connectivity index (χ3n) is 5.28. The van der Waals surface area contributed by atoms with Gasteiger partial charge in [0.05, 0.1) is 6.10 Å². The van der Waals surface area contributed by atoms with E-state index >= 15 is 0 Å². The minimum absolute atomic E-state index is 0.0602. The zero-order valence-electron chi connectivity index (χ0n) is 12.5. The predicted octanol–water partition coefficient (Wildman–Crippen LogP) is 4.25. The Bertz CT molecular complexity index is 290. The summed E-state index contributed by atoms with van der Waals surface area (Å²) in [6.07, 6.45) is 15.0. The molecule has 1 N–H and O–H groups in total. The van der Waals surface area contributed by atoms with Crippen LogP contribution in [0, 0.1) is 10.8 Å². The fourth-order valence-corrected chi connectivity index (χ4v) is 2.98. The number of rotatable bonds is 11. The molecule has 2 fully saturated rings. The van der Waals surface area contributed by atoms with Crippen molar-refractivity contribution in [2.45, 2.75) is 90.1 Å². The van der Waals surface area contributed by atoms with Gasteiger partial charge >= 0.3 is 0 Å².